The minimum Gasteiger partial charge on any atom is -0.472 e. The van der Waals surface area contributed by atoms with Crippen LogP contribution in [0.5, 0.6) is 5.88 Å². The summed E-state index contributed by atoms with van der Waals surface area (Å²) in [6.07, 6.45) is 1.72. The topological polar surface area (TPSA) is 53.1 Å². The Morgan fingerprint density at radius 2 is 2.28 bits per heavy atom. The minimum absolute atomic E-state index is 0.416. The number of ether oxygens (including phenoxy) is 1. The van der Waals surface area contributed by atoms with Crippen molar-refractivity contribution in [3.63, 3.8) is 0 Å². The number of nitrogens with zero attached hydrogens (tertiary/aromatic N) is 2. The third-order valence-electron chi connectivity index (χ3n) is 2.38. The van der Waals surface area contributed by atoms with Crippen molar-refractivity contribution in [3.8, 4) is 5.88 Å². The number of hydrogen-bond donors (Lipinski definition) is 2. The van der Waals surface area contributed by atoms with E-state index in [0.717, 1.165) is 21.9 Å². The predicted molar refractivity (Wildman–Crippen MR) is 78.2 cm³/mol. The molecule has 0 unspecified atom stereocenters. The highest BCUT2D eigenvalue weighted by Gasteiger charge is 2.08. The van der Waals surface area contributed by atoms with Crippen LogP contribution in [0.25, 0.3) is 0 Å². The first-order valence-electron chi connectivity index (χ1n) is 5.58. The van der Waals surface area contributed by atoms with Gasteiger partial charge in [-0.05, 0) is 30.7 Å². The molecule has 0 radical (unpaired) electrons. The summed E-state index contributed by atoms with van der Waals surface area (Å²) in [7, 11) is 0. The second-order valence-corrected chi connectivity index (χ2v) is 5.34. The number of anilines is 1. The van der Waals surface area contributed by atoms with Gasteiger partial charge in [0.25, 0.3) is 0 Å². The number of thioether (sulfide) groups is 1. The molecule has 2 N–H and O–H groups in total. The summed E-state index contributed by atoms with van der Waals surface area (Å²) in [6, 6.07) is 7.66. The Hall–Kier alpha value is -1.27. The Kier molecular flexibility index (Phi) is 4.43. The highest BCUT2D eigenvalue weighted by molar-refractivity contribution is 7.99. The lowest BCUT2D eigenvalue weighted by Gasteiger charge is -2.11. The fourth-order valence-corrected chi connectivity index (χ4v) is 2.54. The van der Waals surface area contributed by atoms with E-state index in [1.807, 2.05) is 12.1 Å². The van der Waals surface area contributed by atoms with E-state index < -0.39 is 0 Å². The van der Waals surface area contributed by atoms with E-state index in [2.05, 4.69) is 30.9 Å². The van der Waals surface area contributed by atoms with Gasteiger partial charge in [0.1, 0.15) is 6.61 Å². The Bertz CT molecular complexity index is 528. The van der Waals surface area contributed by atoms with Crippen LogP contribution < -0.4 is 10.5 Å². The van der Waals surface area contributed by atoms with Crippen molar-refractivity contribution in [3.05, 3.63) is 36.0 Å². The number of rotatable bonds is 5. The van der Waals surface area contributed by atoms with Gasteiger partial charge in [0.2, 0.25) is 5.88 Å². The molecule has 96 valence electrons. The van der Waals surface area contributed by atoms with Crippen LogP contribution in [0.1, 0.15) is 12.5 Å². The maximum Gasteiger partial charge on any atom is 0.234 e. The lowest BCUT2D eigenvalue weighted by molar-refractivity contribution is 0.291. The van der Waals surface area contributed by atoms with E-state index >= 15 is 0 Å². The molecule has 0 atom stereocenters. The number of thiol groups is 1. The van der Waals surface area contributed by atoms with E-state index in [4.69, 9.17) is 10.5 Å². The summed E-state index contributed by atoms with van der Waals surface area (Å²) in [6.45, 7) is 2.53. The average Bonchev–Trinajstić information content (AvgIpc) is 2.75. The number of nitrogen functional groups attached to an aromatic ring is 1. The van der Waals surface area contributed by atoms with E-state index in [1.54, 1.807) is 24.0 Å². The van der Waals surface area contributed by atoms with Gasteiger partial charge in [-0.3, -0.25) is 0 Å². The van der Waals surface area contributed by atoms with Gasteiger partial charge in [0.05, 0.1) is 0 Å². The van der Waals surface area contributed by atoms with Crippen LogP contribution >= 0.6 is 24.6 Å². The molecule has 1 heterocycles. The zero-order valence-electron chi connectivity index (χ0n) is 10.0. The molecule has 0 amide bonds. The molecule has 6 heteroatoms. The van der Waals surface area contributed by atoms with Crippen molar-refractivity contribution in [2.45, 2.75) is 18.4 Å². The second-order valence-electron chi connectivity index (χ2n) is 3.62. The molecule has 0 aliphatic heterocycles. The van der Waals surface area contributed by atoms with Crippen molar-refractivity contribution in [2.24, 2.45) is 0 Å². The van der Waals surface area contributed by atoms with E-state index in [1.165, 1.54) is 4.09 Å². The molecule has 4 nitrogen and oxygen atoms in total. The molecule has 0 aliphatic rings. The van der Waals surface area contributed by atoms with Crippen LogP contribution in [-0.4, -0.2) is 14.9 Å². The second kappa shape index (κ2) is 6.06. The van der Waals surface area contributed by atoms with Crippen LogP contribution in [-0.2, 0) is 6.61 Å². The van der Waals surface area contributed by atoms with Gasteiger partial charge in [-0.1, -0.05) is 13.0 Å². The van der Waals surface area contributed by atoms with E-state index in [-0.39, 0.29) is 0 Å². The average molecular weight is 281 g/mol. The molecular weight excluding hydrogens is 266 g/mol. The third kappa shape index (κ3) is 3.14. The molecule has 0 spiro atoms. The quantitative estimate of drug-likeness (QED) is 0.503. The number of hydrogen-bond acceptors (Lipinski definition) is 5. The molecule has 0 fully saturated rings. The van der Waals surface area contributed by atoms with Gasteiger partial charge in [0.15, 0.2) is 0 Å². The lowest BCUT2D eigenvalue weighted by Crippen LogP contribution is -2.02. The summed E-state index contributed by atoms with van der Waals surface area (Å²) in [4.78, 5) is 1.16. The first kappa shape index (κ1) is 13.2. The van der Waals surface area contributed by atoms with Crippen molar-refractivity contribution in [1.29, 1.82) is 0 Å². The molecule has 0 aliphatic carbocycles. The van der Waals surface area contributed by atoms with Crippen molar-refractivity contribution in [1.82, 2.24) is 9.19 Å². The molecular formula is C12H15N3OS2. The molecule has 0 saturated heterocycles. The fourth-order valence-electron chi connectivity index (χ4n) is 1.55. The summed E-state index contributed by atoms with van der Waals surface area (Å²) in [5.41, 5.74) is 7.75. The maximum atomic E-state index is 5.99. The predicted octanol–water partition coefficient (Wildman–Crippen LogP) is 2.85. The Balaban J connectivity index is 2.12. The van der Waals surface area contributed by atoms with E-state index in [9.17, 15) is 0 Å². The lowest BCUT2D eigenvalue weighted by atomic mass is 10.2. The minimum atomic E-state index is 0.416. The normalized spacial score (nSPS) is 10.6. The standard InChI is InChI=1S/C12H15N3OS2/c1-2-18-11-5-3-4-10(13)9(11)8-16-12-6-7-15(17)14-12/h3-7,17H,2,8,13H2,1H3. The van der Waals surface area contributed by atoms with Gasteiger partial charge >= 0.3 is 0 Å². The number of nitrogens with two attached hydrogens (primary N) is 1. The molecule has 1 aromatic carbocycles. The van der Waals surface area contributed by atoms with Gasteiger partial charge in [-0.25, -0.2) is 4.09 Å². The highest BCUT2D eigenvalue weighted by Crippen LogP contribution is 2.27. The van der Waals surface area contributed by atoms with E-state index in [0.29, 0.717) is 12.5 Å². The zero-order valence-corrected chi connectivity index (χ0v) is 11.7. The molecule has 0 bridgehead atoms. The van der Waals surface area contributed by atoms with Crippen molar-refractivity contribution in [2.75, 3.05) is 11.5 Å². The Morgan fingerprint density at radius 1 is 1.44 bits per heavy atom. The van der Waals surface area contributed by atoms with Gasteiger partial charge in [-0.15, -0.1) is 16.9 Å². The third-order valence-corrected chi connectivity index (χ3v) is 3.59. The highest BCUT2D eigenvalue weighted by atomic mass is 32.2. The summed E-state index contributed by atoms with van der Waals surface area (Å²) in [5, 5.41) is 4.04. The first-order valence-corrected chi connectivity index (χ1v) is 6.97. The molecule has 2 rings (SSSR count). The maximum absolute atomic E-state index is 5.99. The molecule has 2 aromatic rings. The van der Waals surface area contributed by atoms with Crippen molar-refractivity contribution >= 4 is 30.3 Å². The van der Waals surface area contributed by atoms with Crippen molar-refractivity contribution < 1.29 is 4.74 Å². The van der Waals surface area contributed by atoms with Gasteiger partial charge < -0.3 is 10.5 Å². The van der Waals surface area contributed by atoms with Gasteiger partial charge in [-0.2, -0.15) is 0 Å². The monoisotopic (exact) mass is 281 g/mol. The molecule has 0 saturated carbocycles. The SMILES string of the molecule is CCSc1cccc(N)c1COc1ccn(S)n1. The Morgan fingerprint density at radius 3 is 2.94 bits per heavy atom. The Labute approximate surface area is 116 Å². The fraction of sp³-hybridized carbons (Fsp3) is 0.250. The van der Waals surface area contributed by atoms with Gasteiger partial charge in [0, 0.05) is 28.4 Å². The van der Waals surface area contributed by atoms with Crippen LogP contribution in [0.2, 0.25) is 0 Å². The number of benzene rings is 1. The summed E-state index contributed by atoms with van der Waals surface area (Å²) in [5.74, 6) is 1.54. The number of aromatic nitrogens is 2. The first-order chi connectivity index (χ1) is 8.70. The van der Waals surface area contributed by atoms with Crippen LogP contribution in [0.4, 0.5) is 5.69 Å². The smallest absolute Gasteiger partial charge is 0.234 e. The summed E-state index contributed by atoms with van der Waals surface area (Å²) < 4.78 is 7.01. The molecule has 1 aromatic heterocycles. The zero-order chi connectivity index (χ0) is 13.0. The molecule has 18 heavy (non-hydrogen) atoms. The van der Waals surface area contributed by atoms with Crippen LogP contribution in [0, 0.1) is 0 Å². The van der Waals surface area contributed by atoms with Crippen LogP contribution in [0.15, 0.2) is 35.4 Å². The largest absolute Gasteiger partial charge is 0.472 e. The van der Waals surface area contributed by atoms with Crippen LogP contribution in [0.3, 0.4) is 0 Å². The summed E-state index contributed by atoms with van der Waals surface area (Å²) >= 11 is 5.81.